The van der Waals surface area contributed by atoms with Crippen LogP contribution >= 0.6 is 15.9 Å². The zero-order chi connectivity index (χ0) is 33.4. The number of halogens is 1. The van der Waals surface area contributed by atoms with Gasteiger partial charge in [-0.25, -0.2) is 0 Å². The summed E-state index contributed by atoms with van der Waals surface area (Å²) in [7, 11) is 0. The van der Waals surface area contributed by atoms with E-state index in [2.05, 4.69) is 157 Å². The Kier molecular flexibility index (Phi) is 16.2. The van der Waals surface area contributed by atoms with Crippen molar-refractivity contribution in [1.29, 1.82) is 0 Å². The fourth-order valence-corrected chi connectivity index (χ4v) is 5.50. The standard InChI is InChI=1S/C32H27BrN2.2C4H10.C2H6/c1-5-13-25-26(14-6-2)30(8-4)34(29(25)7-3)23-19-22(33)20-24(21-23)35-31-17-11-9-15-27(31)28-16-10-12-18-32(28)35;2*1-3-4-2;1-2/h5-21H,3-4H2,1-2H3;2*3-4H2,1-2H3;1-2H3/b13-5-,14-6-;;;. The molecule has 0 bridgehead atoms. The molecule has 2 aromatic heterocycles. The van der Waals surface area contributed by atoms with Gasteiger partial charge in [0.1, 0.15) is 0 Å². The van der Waals surface area contributed by atoms with E-state index in [0.29, 0.717) is 0 Å². The molecule has 0 aliphatic heterocycles. The molecule has 0 aliphatic rings. The minimum absolute atomic E-state index is 1.01. The molecule has 0 radical (unpaired) electrons. The number of benzene rings is 3. The number of hydrogen-bond donors (Lipinski definition) is 0. The largest absolute Gasteiger partial charge is 0.309 e. The first-order chi connectivity index (χ1) is 21.9. The molecule has 0 amide bonds. The highest BCUT2D eigenvalue weighted by Crippen LogP contribution is 2.36. The molecule has 0 aliphatic carbocycles. The summed E-state index contributed by atoms with van der Waals surface area (Å²) in [6, 6.07) is 23.7. The van der Waals surface area contributed by atoms with E-state index in [9.17, 15) is 0 Å². The quantitative estimate of drug-likeness (QED) is 0.156. The van der Waals surface area contributed by atoms with Crippen LogP contribution in [0.5, 0.6) is 0 Å². The molecule has 2 heterocycles. The highest BCUT2D eigenvalue weighted by molar-refractivity contribution is 9.10. The predicted octanol–water partition coefficient (Wildman–Crippen LogP) is 14.3. The highest BCUT2D eigenvalue weighted by Gasteiger charge is 2.19. The molecule has 0 saturated carbocycles. The van der Waals surface area contributed by atoms with E-state index in [1.807, 2.05) is 39.8 Å². The van der Waals surface area contributed by atoms with Crippen LogP contribution in [0.1, 0.15) is 104 Å². The van der Waals surface area contributed by atoms with Gasteiger partial charge in [0.2, 0.25) is 0 Å². The lowest BCUT2D eigenvalue weighted by Gasteiger charge is -2.15. The topological polar surface area (TPSA) is 9.86 Å². The van der Waals surface area contributed by atoms with Gasteiger partial charge >= 0.3 is 0 Å². The number of allylic oxidation sites excluding steroid dienone is 2. The molecule has 0 atom stereocenters. The van der Waals surface area contributed by atoms with Crippen molar-refractivity contribution in [2.45, 2.75) is 81.1 Å². The second-order valence-electron chi connectivity index (χ2n) is 10.4. The Morgan fingerprint density at radius 3 is 1.33 bits per heavy atom. The van der Waals surface area contributed by atoms with Crippen LogP contribution in [0.4, 0.5) is 0 Å². The van der Waals surface area contributed by atoms with Crippen molar-refractivity contribution in [2.24, 2.45) is 0 Å². The number of nitrogens with zero attached hydrogens (tertiary/aromatic N) is 2. The van der Waals surface area contributed by atoms with Gasteiger partial charge in [0.25, 0.3) is 0 Å². The average Bonchev–Trinajstić information content (AvgIpc) is 3.58. The van der Waals surface area contributed by atoms with E-state index in [4.69, 9.17) is 0 Å². The summed E-state index contributed by atoms with van der Waals surface area (Å²) in [5.41, 5.74) is 8.84. The van der Waals surface area contributed by atoms with Crippen molar-refractivity contribution in [3.05, 3.63) is 119 Å². The normalized spacial score (nSPS) is 10.7. The second kappa shape index (κ2) is 19.5. The van der Waals surface area contributed by atoms with Crippen LogP contribution in [0.3, 0.4) is 0 Å². The summed E-state index contributed by atoms with van der Waals surface area (Å²) in [4.78, 5) is 0. The number of hydrogen-bond acceptors (Lipinski definition) is 0. The Hall–Kier alpha value is -3.82. The molecule has 0 spiro atoms. The molecule has 0 saturated heterocycles. The van der Waals surface area contributed by atoms with E-state index in [1.54, 1.807) is 0 Å². The van der Waals surface area contributed by atoms with E-state index < -0.39 is 0 Å². The molecule has 0 fully saturated rings. The SMILES string of the molecule is C=Cc1c(/C=C\C)c(/C=C\C)c(C=C)n1-c1cc(Br)cc(-n2c3ccccc3c3ccccc32)c1.CC.CCCC.CCCC. The van der Waals surface area contributed by atoms with Crippen molar-refractivity contribution < 1.29 is 0 Å². The van der Waals surface area contributed by atoms with Gasteiger partial charge in [-0.15, -0.1) is 0 Å². The Morgan fingerprint density at radius 2 is 0.978 bits per heavy atom. The molecule has 238 valence electrons. The minimum atomic E-state index is 1.01. The molecular weight excluding hydrogens is 612 g/mol. The Balaban J connectivity index is 0.000000624. The molecule has 5 aromatic rings. The van der Waals surface area contributed by atoms with Crippen LogP contribution in [0.15, 0.2) is 96.5 Å². The van der Waals surface area contributed by atoms with Crippen LogP contribution in [-0.2, 0) is 0 Å². The van der Waals surface area contributed by atoms with Gasteiger partial charge in [-0.05, 0) is 56.3 Å². The lowest BCUT2D eigenvalue weighted by molar-refractivity contribution is 0.886. The number of rotatable bonds is 8. The maximum Gasteiger partial charge on any atom is 0.0541 e. The summed E-state index contributed by atoms with van der Waals surface area (Å²) >= 11 is 3.80. The maximum absolute atomic E-state index is 4.16. The summed E-state index contributed by atoms with van der Waals surface area (Å²) in [5.74, 6) is 0. The molecular formula is C42H53BrN2. The fourth-order valence-electron chi connectivity index (χ4n) is 5.03. The predicted molar refractivity (Wildman–Crippen MR) is 210 cm³/mol. The van der Waals surface area contributed by atoms with Gasteiger partial charge in [-0.3, -0.25) is 0 Å². The first kappa shape index (κ1) is 37.4. The first-order valence-corrected chi connectivity index (χ1v) is 17.3. The second-order valence-corrected chi connectivity index (χ2v) is 11.3. The molecule has 0 N–H and O–H groups in total. The zero-order valence-electron chi connectivity index (χ0n) is 28.8. The monoisotopic (exact) mass is 664 g/mol. The number of aromatic nitrogens is 2. The van der Waals surface area contributed by atoms with Crippen LogP contribution < -0.4 is 0 Å². The van der Waals surface area contributed by atoms with Crippen molar-refractivity contribution in [2.75, 3.05) is 0 Å². The number of para-hydroxylation sites is 2. The van der Waals surface area contributed by atoms with E-state index in [0.717, 1.165) is 38.4 Å². The van der Waals surface area contributed by atoms with Crippen molar-refractivity contribution in [3.8, 4) is 11.4 Å². The summed E-state index contributed by atoms with van der Waals surface area (Å²) < 4.78 is 5.58. The highest BCUT2D eigenvalue weighted by atomic mass is 79.9. The molecule has 2 nitrogen and oxygen atoms in total. The van der Waals surface area contributed by atoms with Crippen LogP contribution in [0, 0.1) is 0 Å². The summed E-state index contributed by atoms with van der Waals surface area (Å²) in [6.45, 7) is 25.1. The minimum Gasteiger partial charge on any atom is -0.309 e. The summed E-state index contributed by atoms with van der Waals surface area (Å²) in [6.07, 6.45) is 17.5. The summed E-state index contributed by atoms with van der Waals surface area (Å²) in [5, 5.41) is 2.49. The first-order valence-electron chi connectivity index (χ1n) is 16.5. The smallest absolute Gasteiger partial charge is 0.0541 e. The van der Waals surface area contributed by atoms with Crippen molar-refractivity contribution >= 4 is 62.0 Å². The number of fused-ring (bicyclic) bond motifs is 3. The Labute approximate surface area is 281 Å². The van der Waals surface area contributed by atoms with E-state index in [1.165, 1.54) is 47.5 Å². The third-order valence-electron chi connectivity index (χ3n) is 7.34. The van der Waals surface area contributed by atoms with Gasteiger partial charge in [0.15, 0.2) is 0 Å². The van der Waals surface area contributed by atoms with Crippen molar-refractivity contribution in [1.82, 2.24) is 9.13 Å². The number of unbranched alkanes of at least 4 members (excludes halogenated alkanes) is 2. The Morgan fingerprint density at radius 1 is 0.600 bits per heavy atom. The lowest BCUT2D eigenvalue weighted by Crippen LogP contribution is -2.02. The van der Waals surface area contributed by atoms with Crippen LogP contribution in [-0.4, -0.2) is 9.13 Å². The third kappa shape index (κ3) is 8.67. The maximum atomic E-state index is 4.16. The van der Waals surface area contributed by atoms with E-state index in [-0.39, 0.29) is 0 Å². The van der Waals surface area contributed by atoms with E-state index >= 15 is 0 Å². The molecule has 45 heavy (non-hydrogen) atoms. The van der Waals surface area contributed by atoms with Gasteiger partial charge < -0.3 is 9.13 Å². The van der Waals surface area contributed by atoms with Crippen LogP contribution in [0.2, 0.25) is 0 Å². The Bertz CT molecular complexity index is 1620. The molecule has 0 unspecified atom stereocenters. The molecule has 5 rings (SSSR count). The van der Waals surface area contributed by atoms with Gasteiger partial charge in [-0.1, -0.05) is 157 Å². The fraction of sp³-hybridized carbons (Fsp3) is 0.286. The van der Waals surface area contributed by atoms with Crippen molar-refractivity contribution in [3.63, 3.8) is 0 Å². The lowest BCUT2D eigenvalue weighted by atomic mass is 10.1. The van der Waals surface area contributed by atoms with Gasteiger partial charge in [-0.2, -0.15) is 0 Å². The van der Waals surface area contributed by atoms with Gasteiger partial charge in [0.05, 0.1) is 22.4 Å². The van der Waals surface area contributed by atoms with Gasteiger partial charge in [0, 0.05) is 37.7 Å². The average molecular weight is 666 g/mol. The third-order valence-corrected chi connectivity index (χ3v) is 7.80. The van der Waals surface area contributed by atoms with Crippen LogP contribution in [0.25, 0.3) is 57.5 Å². The molecule has 3 aromatic carbocycles. The molecule has 3 heteroatoms. The zero-order valence-corrected chi connectivity index (χ0v) is 30.4.